The topological polar surface area (TPSA) is 52.6 Å². The molecule has 1 aliphatic rings. The number of hydrogen-bond donors (Lipinski definition) is 0. The molecule has 0 amide bonds. The molecule has 204 valence electrons. The second-order valence-corrected chi connectivity index (χ2v) is 11.7. The fraction of sp³-hybridized carbons (Fsp3) is 0.750. The van der Waals surface area contributed by atoms with Crippen LogP contribution in [0, 0.1) is 0 Å². The second kappa shape index (κ2) is 16.8. The van der Waals surface area contributed by atoms with Crippen molar-refractivity contribution in [1.29, 1.82) is 0 Å². The van der Waals surface area contributed by atoms with Gasteiger partial charge in [-0.25, -0.2) is 0 Å². The van der Waals surface area contributed by atoms with Gasteiger partial charge in [0.25, 0.3) is 0 Å². The van der Waals surface area contributed by atoms with Crippen LogP contribution in [0.25, 0.3) is 0 Å². The first-order valence-corrected chi connectivity index (χ1v) is 14.8. The number of benzene rings is 1. The fourth-order valence-corrected chi connectivity index (χ4v) is 5.03. The van der Waals surface area contributed by atoms with E-state index in [1.54, 1.807) is 0 Å². The highest BCUT2D eigenvalue weighted by molar-refractivity contribution is 5.83. The van der Waals surface area contributed by atoms with Crippen molar-refractivity contribution in [3.05, 3.63) is 28.8 Å². The fourth-order valence-electron chi connectivity index (χ4n) is 5.03. The molecule has 0 spiro atoms. The summed E-state index contributed by atoms with van der Waals surface area (Å²) in [7, 11) is 0. The summed E-state index contributed by atoms with van der Waals surface area (Å²) in [5, 5.41) is 0. The molecule has 4 heteroatoms. The maximum absolute atomic E-state index is 12.4. The number of ether oxygens (including phenoxy) is 2. The smallest absolute Gasteiger partial charge is 0.315 e. The molecule has 1 aliphatic heterocycles. The van der Waals surface area contributed by atoms with Crippen molar-refractivity contribution in [1.82, 2.24) is 0 Å². The summed E-state index contributed by atoms with van der Waals surface area (Å²) in [4.78, 5) is 24.2. The highest BCUT2D eigenvalue weighted by atomic mass is 16.5. The highest BCUT2D eigenvalue weighted by Gasteiger charge is 2.29. The highest BCUT2D eigenvalue weighted by Crippen LogP contribution is 2.38. The van der Waals surface area contributed by atoms with Crippen LogP contribution in [0.4, 0.5) is 0 Å². The molecule has 0 unspecified atom stereocenters. The zero-order valence-electron chi connectivity index (χ0n) is 23.7. The summed E-state index contributed by atoms with van der Waals surface area (Å²) < 4.78 is 10.9. The van der Waals surface area contributed by atoms with Crippen LogP contribution >= 0.6 is 0 Å². The molecule has 4 nitrogen and oxygen atoms in total. The van der Waals surface area contributed by atoms with Gasteiger partial charge in [-0.05, 0) is 17.4 Å². The van der Waals surface area contributed by atoms with Gasteiger partial charge in [0, 0.05) is 11.1 Å². The van der Waals surface area contributed by atoms with E-state index >= 15 is 0 Å². The van der Waals surface area contributed by atoms with E-state index in [2.05, 4.69) is 27.7 Å². The predicted octanol–water partition coefficient (Wildman–Crippen LogP) is 8.79. The third-order valence-corrected chi connectivity index (χ3v) is 7.19. The van der Waals surface area contributed by atoms with Crippen LogP contribution in [-0.2, 0) is 32.6 Å². The summed E-state index contributed by atoms with van der Waals surface area (Å²) in [5.74, 6) is 0.262. The summed E-state index contributed by atoms with van der Waals surface area (Å²) in [6.45, 7) is 9.05. The number of esters is 2. The van der Waals surface area contributed by atoms with Crippen LogP contribution in [0.2, 0.25) is 0 Å². The summed E-state index contributed by atoms with van der Waals surface area (Å²) >= 11 is 0. The molecule has 0 aromatic heterocycles. The van der Waals surface area contributed by atoms with E-state index in [0.29, 0.717) is 12.4 Å². The minimum atomic E-state index is -0.223. The molecular weight excluding hydrogens is 448 g/mol. The maximum Gasteiger partial charge on any atom is 0.315 e. The van der Waals surface area contributed by atoms with Gasteiger partial charge >= 0.3 is 11.9 Å². The molecule has 0 saturated carbocycles. The Morgan fingerprint density at radius 2 is 1.31 bits per heavy atom. The lowest BCUT2D eigenvalue weighted by atomic mass is 9.83. The van der Waals surface area contributed by atoms with Crippen molar-refractivity contribution in [2.24, 2.45) is 0 Å². The average molecular weight is 501 g/mol. The van der Waals surface area contributed by atoms with Crippen LogP contribution in [0.15, 0.2) is 12.1 Å². The number of fused-ring (bicyclic) bond motifs is 1. The first-order valence-electron chi connectivity index (χ1n) is 14.8. The first-order chi connectivity index (χ1) is 17.3. The standard InChI is InChI=1S/C32H52O4/c1-5-6-7-8-9-10-11-12-13-14-15-16-17-18-19-20-21-35-29(33)24-26-22-27-25-30(34)36-31(27)28(23-26)32(2,3)4/h22-23H,5-21,24-25H2,1-4H3. The lowest BCUT2D eigenvalue weighted by Crippen LogP contribution is -2.15. The molecule has 0 atom stereocenters. The van der Waals surface area contributed by atoms with Gasteiger partial charge in [-0.1, -0.05) is 136 Å². The van der Waals surface area contributed by atoms with Crippen LogP contribution in [0.5, 0.6) is 5.75 Å². The van der Waals surface area contributed by atoms with Gasteiger partial charge in [0.2, 0.25) is 0 Å². The van der Waals surface area contributed by atoms with Gasteiger partial charge in [-0.15, -0.1) is 0 Å². The van der Waals surface area contributed by atoms with Gasteiger partial charge in [0.1, 0.15) is 5.75 Å². The van der Waals surface area contributed by atoms with Crippen molar-refractivity contribution >= 4 is 11.9 Å². The Balaban J connectivity index is 1.48. The minimum Gasteiger partial charge on any atom is -0.465 e. The SMILES string of the molecule is CCCCCCCCCCCCCCCCCCOC(=O)Cc1cc2c(c(C(C)(C)C)c1)OC(=O)C2. The van der Waals surface area contributed by atoms with Crippen LogP contribution in [-0.4, -0.2) is 18.5 Å². The van der Waals surface area contributed by atoms with Crippen LogP contribution in [0.1, 0.15) is 147 Å². The van der Waals surface area contributed by atoms with E-state index in [0.717, 1.165) is 29.5 Å². The van der Waals surface area contributed by atoms with Gasteiger partial charge in [0.15, 0.2) is 0 Å². The molecule has 0 fully saturated rings. The lowest BCUT2D eigenvalue weighted by Gasteiger charge is -2.22. The molecule has 0 bridgehead atoms. The number of rotatable bonds is 19. The van der Waals surface area contributed by atoms with Crippen molar-refractivity contribution in [2.45, 2.75) is 149 Å². The summed E-state index contributed by atoms with van der Waals surface area (Å²) in [6, 6.07) is 3.92. The molecular formula is C32H52O4. The van der Waals surface area contributed by atoms with E-state index in [1.807, 2.05) is 12.1 Å². The molecule has 1 heterocycles. The summed E-state index contributed by atoms with van der Waals surface area (Å²) in [6.07, 6.45) is 21.8. The number of hydrogen-bond acceptors (Lipinski definition) is 4. The zero-order chi connectivity index (χ0) is 26.2. The van der Waals surface area contributed by atoms with E-state index in [4.69, 9.17) is 9.47 Å². The molecule has 0 saturated heterocycles. The molecule has 0 radical (unpaired) electrons. The Morgan fingerprint density at radius 3 is 1.81 bits per heavy atom. The normalized spacial score (nSPS) is 13.1. The second-order valence-electron chi connectivity index (χ2n) is 11.7. The monoisotopic (exact) mass is 500 g/mol. The Kier molecular flexibility index (Phi) is 14.2. The Hall–Kier alpha value is -1.84. The van der Waals surface area contributed by atoms with Crippen LogP contribution < -0.4 is 4.74 Å². The largest absolute Gasteiger partial charge is 0.465 e. The summed E-state index contributed by atoms with van der Waals surface area (Å²) in [5.41, 5.74) is 2.59. The van der Waals surface area contributed by atoms with Crippen LogP contribution in [0.3, 0.4) is 0 Å². The van der Waals surface area contributed by atoms with Crippen molar-refractivity contribution in [3.63, 3.8) is 0 Å². The quantitative estimate of drug-likeness (QED) is 0.108. The van der Waals surface area contributed by atoms with E-state index < -0.39 is 0 Å². The Bertz CT molecular complexity index is 790. The molecule has 2 rings (SSSR count). The van der Waals surface area contributed by atoms with E-state index in [1.165, 1.54) is 89.9 Å². The molecule has 0 aliphatic carbocycles. The molecule has 0 N–H and O–H groups in total. The van der Waals surface area contributed by atoms with Crippen molar-refractivity contribution in [2.75, 3.05) is 6.61 Å². The van der Waals surface area contributed by atoms with Gasteiger partial charge in [-0.3, -0.25) is 9.59 Å². The number of carbonyl (C=O) groups excluding carboxylic acids is 2. The van der Waals surface area contributed by atoms with Gasteiger partial charge in [-0.2, -0.15) is 0 Å². The first kappa shape index (κ1) is 30.4. The lowest BCUT2D eigenvalue weighted by molar-refractivity contribution is -0.143. The Morgan fingerprint density at radius 1 is 0.806 bits per heavy atom. The number of carbonyl (C=O) groups is 2. The predicted molar refractivity (Wildman–Crippen MR) is 149 cm³/mol. The molecule has 1 aromatic carbocycles. The van der Waals surface area contributed by atoms with E-state index in [9.17, 15) is 9.59 Å². The number of unbranched alkanes of at least 4 members (excludes halogenated alkanes) is 15. The maximum atomic E-state index is 12.4. The van der Waals surface area contributed by atoms with Crippen molar-refractivity contribution < 1.29 is 19.1 Å². The van der Waals surface area contributed by atoms with Gasteiger partial charge in [0.05, 0.1) is 19.4 Å². The Labute approximate surface area is 220 Å². The van der Waals surface area contributed by atoms with Gasteiger partial charge < -0.3 is 9.47 Å². The average Bonchev–Trinajstić information content (AvgIpc) is 3.19. The zero-order valence-corrected chi connectivity index (χ0v) is 23.7. The minimum absolute atomic E-state index is 0.165. The molecule has 36 heavy (non-hydrogen) atoms. The van der Waals surface area contributed by atoms with Crippen molar-refractivity contribution in [3.8, 4) is 5.75 Å². The third kappa shape index (κ3) is 11.9. The van der Waals surface area contributed by atoms with E-state index in [-0.39, 0.29) is 30.2 Å². The molecule has 1 aromatic rings. The third-order valence-electron chi connectivity index (χ3n) is 7.19.